The molecule has 4 rings (SSSR count). The lowest BCUT2D eigenvalue weighted by Gasteiger charge is -2.12. The highest BCUT2D eigenvalue weighted by molar-refractivity contribution is 6.37. The number of ketones is 2. The second-order valence-electron chi connectivity index (χ2n) is 6.25. The molecule has 0 unspecified atom stereocenters. The normalized spacial score (nSPS) is 10.8. The first-order valence-corrected chi connectivity index (χ1v) is 9.39. The monoisotopic (exact) mass is 422 g/mol. The third-order valence-corrected chi connectivity index (χ3v) is 5.16. The fourth-order valence-corrected chi connectivity index (χ4v) is 3.60. The Morgan fingerprint density at radius 3 is 1.72 bits per heavy atom. The quantitative estimate of drug-likeness (QED) is 0.318. The van der Waals surface area contributed by atoms with Gasteiger partial charge in [0.25, 0.3) is 0 Å². The number of para-hydroxylation sites is 1. The van der Waals surface area contributed by atoms with Crippen LogP contribution >= 0.6 is 23.2 Å². The van der Waals surface area contributed by atoms with E-state index >= 15 is 0 Å². The van der Waals surface area contributed by atoms with Gasteiger partial charge in [0.15, 0.2) is 5.78 Å². The zero-order valence-electron chi connectivity index (χ0n) is 14.8. The molecule has 29 heavy (non-hydrogen) atoms. The molecule has 0 saturated carbocycles. The number of rotatable bonds is 4. The number of hydrogen-bond donors (Lipinski definition) is 0. The Labute approximate surface area is 175 Å². The first-order chi connectivity index (χ1) is 14.0. The molecule has 0 N–H and O–H groups in total. The maximum absolute atomic E-state index is 13.4. The standard InChI is InChI=1S/C23H12Cl2O4/c24-16-10-4-1-7-13(16)21(26)19-15-9-3-6-12-18(15)29-23(28)20(19)22(27)14-8-2-5-11-17(14)25/h1-12H. The fraction of sp³-hybridized carbons (Fsp3) is 0. The molecule has 3 aromatic carbocycles. The van der Waals surface area contributed by atoms with Gasteiger partial charge in [0, 0.05) is 16.5 Å². The Balaban J connectivity index is 2.07. The van der Waals surface area contributed by atoms with E-state index in [1.54, 1.807) is 54.6 Å². The van der Waals surface area contributed by atoms with E-state index in [0.29, 0.717) is 5.39 Å². The number of benzene rings is 3. The minimum Gasteiger partial charge on any atom is -0.422 e. The second kappa shape index (κ2) is 7.66. The summed E-state index contributed by atoms with van der Waals surface area (Å²) in [7, 11) is 0. The van der Waals surface area contributed by atoms with Crippen LogP contribution in [0.2, 0.25) is 10.0 Å². The second-order valence-corrected chi connectivity index (χ2v) is 7.07. The van der Waals surface area contributed by atoms with Crippen LogP contribution in [0.4, 0.5) is 0 Å². The lowest BCUT2D eigenvalue weighted by Crippen LogP contribution is -2.22. The summed E-state index contributed by atoms with van der Waals surface area (Å²) in [5.41, 5.74) is -0.868. The first-order valence-electron chi connectivity index (χ1n) is 8.63. The Bertz CT molecular complexity index is 1340. The van der Waals surface area contributed by atoms with Crippen LogP contribution in [0.5, 0.6) is 0 Å². The highest BCUT2D eigenvalue weighted by atomic mass is 35.5. The molecule has 0 bridgehead atoms. The molecule has 0 aliphatic rings. The average Bonchev–Trinajstić information content (AvgIpc) is 2.72. The van der Waals surface area contributed by atoms with Crippen molar-refractivity contribution in [2.24, 2.45) is 0 Å². The van der Waals surface area contributed by atoms with Crippen LogP contribution in [0.25, 0.3) is 11.0 Å². The largest absolute Gasteiger partial charge is 0.422 e. The van der Waals surface area contributed by atoms with Gasteiger partial charge in [0.05, 0.1) is 15.6 Å². The van der Waals surface area contributed by atoms with E-state index in [1.165, 1.54) is 18.2 Å². The molecule has 1 aromatic heterocycles. The molecule has 0 saturated heterocycles. The van der Waals surface area contributed by atoms with Crippen LogP contribution < -0.4 is 5.63 Å². The number of carbonyl (C=O) groups excluding carboxylic acids is 2. The van der Waals surface area contributed by atoms with Gasteiger partial charge >= 0.3 is 5.63 Å². The van der Waals surface area contributed by atoms with Crippen molar-refractivity contribution in [3.8, 4) is 0 Å². The summed E-state index contributed by atoms with van der Waals surface area (Å²) in [5, 5.41) is 0.722. The van der Waals surface area contributed by atoms with Crippen LogP contribution in [0, 0.1) is 0 Å². The van der Waals surface area contributed by atoms with Crippen molar-refractivity contribution in [3.63, 3.8) is 0 Å². The Morgan fingerprint density at radius 2 is 1.14 bits per heavy atom. The first kappa shape index (κ1) is 19.1. The van der Waals surface area contributed by atoms with Gasteiger partial charge in [0.2, 0.25) is 5.78 Å². The predicted molar refractivity (Wildman–Crippen MR) is 112 cm³/mol. The van der Waals surface area contributed by atoms with Gasteiger partial charge in [-0.05, 0) is 30.3 Å². The maximum atomic E-state index is 13.4. The molecule has 0 fully saturated rings. The molecular formula is C23H12Cl2O4. The van der Waals surface area contributed by atoms with Crippen LogP contribution in [-0.2, 0) is 0 Å². The minimum atomic E-state index is -0.913. The number of hydrogen-bond acceptors (Lipinski definition) is 4. The SMILES string of the molecule is O=C(c1ccccc1Cl)c1c(C(=O)c2ccccc2Cl)c2ccccc2oc1=O. The van der Waals surface area contributed by atoms with E-state index in [2.05, 4.69) is 0 Å². The Hall–Kier alpha value is -3.21. The average molecular weight is 423 g/mol. The molecule has 6 heteroatoms. The van der Waals surface area contributed by atoms with Crippen LogP contribution in [0.15, 0.2) is 82.0 Å². The minimum absolute atomic E-state index is 0.0603. The molecule has 4 aromatic rings. The summed E-state index contributed by atoms with van der Waals surface area (Å²) in [6, 6.07) is 19.3. The Kier molecular flexibility index (Phi) is 5.05. The number of fused-ring (bicyclic) bond motifs is 1. The summed E-state index contributed by atoms with van der Waals surface area (Å²) in [6.45, 7) is 0. The highest BCUT2D eigenvalue weighted by Gasteiger charge is 2.28. The third kappa shape index (κ3) is 3.37. The zero-order chi connectivity index (χ0) is 20.5. The van der Waals surface area contributed by atoms with Crippen molar-refractivity contribution in [3.05, 3.63) is 116 Å². The van der Waals surface area contributed by atoms with E-state index in [1.807, 2.05) is 0 Å². The van der Waals surface area contributed by atoms with Crippen molar-refractivity contribution >= 4 is 45.7 Å². The molecule has 1 heterocycles. The van der Waals surface area contributed by atoms with Crippen molar-refractivity contribution in [2.75, 3.05) is 0 Å². The summed E-state index contributed by atoms with van der Waals surface area (Å²) in [4.78, 5) is 39.5. The van der Waals surface area contributed by atoms with E-state index in [9.17, 15) is 14.4 Å². The molecule has 142 valence electrons. The van der Waals surface area contributed by atoms with E-state index in [0.717, 1.165) is 0 Å². The van der Waals surface area contributed by atoms with Gasteiger partial charge in [-0.25, -0.2) is 4.79 Å². The smallest absolute Gasteiger partial charge is 0.348 e. The summed E-state index contributed by atoms with van der Waals surface area (Å²) >= 11 is 12.4. The van der Waals surface area contributed by atoms with Gasteiger partial charge in [-0.2, -0.15) is 0 Å². The van der Waals surface area contributed by atoms with Crippen LogP contribution in [0.1, 0.15) is 31.8 Å². The van der Waals surface area contributed by atoms with Crippen molar-refractivity contribution < 1.29 is 14.0 Å². The van der Waals surface area contributed by atoms with Gasteiger partial charge in [-0.1, -0.05) is 65.7 Å². The molecule has 0 aliphatic heterocycles. The molecule has 0 spiro atoms. The van der Waals surface area contributed by atoms with Crippen LogP contribution in [0.3, 0.4) is 0 Å². The molecule has 4 nitrogen and oxygen atoms in total. The Morgan fingerprint density at radius 1 is 0.655 bits per heavy atom. The van der Waals surface area contributed by atoms with E-state index < -0.39 is 17.2 Å². The lowest BCUT2D eigenvalue weighted by atomic mass is 9.92. The molecule has 0 amide bonds. The lowest BCUT2D eigenvalue weighted by molar-refractivity contribution is 0.100. The van der Waals surface area contributed by atoms with Gasteiger partial charge < -0.3 is 4.42 Å². The van der Waals surface area contributed by atoms with Gasteiger partial charge in [0.1, 0.15) is 11.1 Å². The molecule has 0 atom stereocenters. The van der Waals surface area contributed by atoms with Gasteiger partial charge in [-0.15, -0.1) is 0 Å². The third-order valence-electron chi connectivity index (χ3n) is 4.50. The van der Waals surface area contributed by atoms with E-state index in [-0.39, 0.29) is 37.9 Å². The topological polar surface area (TPSA) is 64.3 Å². The highest BCUT2D eigenvalue weighted by Crippen LogP contribution is 2.28. The molecule has 0 aliphatic carbocycles. The predicted octanol–water partition coefficient (Wildman–Crippen LogP) is 5.56. The number of halogens is 2. The summed E-state index contributed by atoms with van der Waals surface area (Å²) in [6.07, 6.45) is 0. The zero-order valence-corrected chi connectivity index (χ0v) is 16.3. The van der Waals surface area contributed by atoms with Crippen LogP contribution in [-0.4, -0.2) is 11.6 Å². The maximum Gasteiger partial charge on any atom is 0.348 e. The van der Waals surface area contributed by atoms with E-state index in [4.69, 9.17) is 27.6 Å². The van der Waals surface area contributed by atoms with Gasteiger partial charge in [-0.3, -0.25) is 9.59 Å². The van der Waals surface area contributed by atoms with Crippen molar-refractivity contribution in [1.82, 2.24) is 0 Å². The summed E-state index contributed by atoms with van der Waals surface area (Å²) in [5.74, 6) is -1.24. The van der Waals surface area contributed by atoms with Crippen molar-refractivity contribution in [1.29, 1.82) is 0 Å². The summed E-state index contributed by atoms with van der Waals surface area (Å²) < 4.78 is 5.33. The number of carbonyl (C=O) groups is 2. The van der Waals surface area contributed by atoms with Crippen molar-refractivity contribution in [2.45, 2.75) is 0 Å². The molecular weight excluding hydrogens is 411 g/mol. The fourth-order valence-electron chi connectivity index (χ4n) is 3.15. The molecule has 0 radical (unpaired) electrons.